The summed E-state index contributed by atoms with van der Waals surface area (Å²) in [6, 6.07) is 11.5. The summed E-state index contributed by atoms with van der Waals surface area (Å²) < 4.78 is 28.1. The molecule has 0 unspecified atom stereocenters. The molecule has 2 aromatic carbocycles. The molecule has 2 rings (SSSR count). The smallest absolute Gasteiger partial charge is 0.241 e. The van der Waals surface area contributed by atoms with Crippen LogP contribution in [0.4, 0.5) is 5.69 Å². The lowest BCUT2D eigenvalue weighted by molar-refractivity contribution is -0.116. The molecule has 0 bridgehead atoms. The Morgan fingerprint density at radius 1 is 1.21 bits per heavy atom. The molecular weight excluding hydrogens is 352 g/mol. The summed E-state index contributed by atoms with van der Waals surface area (Å²) in [7, 11) is -2.61. The zero-order valence-corrected chi connectivity index (χ0v) is 14.5. The summed E-state index contributed by atoms with van der Waals surface area (Å²) in [5.74, 6) is -0.118. The molecule has 0 aliphatic rings. The number of rotatable bonds is 6. The molecule has 6 nitrogen and oxygen atoms in total. The Labute approximate surface area is 145 Å². The molecule has 0 spiro atoms. The van der Waals surface area contributed by atoms with Crippen molar-refractivity contribution in [2.75, 3.05) is 12.4 Å². The van der Waals surface area contributed by atoms with Crippen LogP contribution in [-0.4, -0.2) is 21.4 Å². The summed E-state index contributed by atoms with van der Waals surface area (Å²) >= 11 is 5.81. The van der Waals surface area contributed by atoms with Crippen LogP contribution in [0.1, 0.15) is 12.0 Å². The fourth-order valence-electron chi connectivity index (χ4n) is 2.11. The van der Waals surface area contributed by atoms with Gasteiger partial charge in [0.05, 0.1) is 7.11 Å². The van der Waals surface area contributed by atoms with E-state index in [1.165, 1.54) is 19.2 Å². The van der Waals surface area contributed by atoms with E-state index in [-0.39, 0.29) is 23.0 Å². The maximum atomic E-state index is 12.0. The second kappa shape index (κ2) is 7.65. The molecule has 128 valence electrons. The van der Waals surface area contributed by atoms with Crippen molar-refractivity contribution in [2.24, 2.45) is 5.14 Å². The van der Waals surface area contributed by atoms with Crippen molar-refractivity contribution >= 4 is 33.2 Å². The lowest BCUT2D eigenvalue weighted by Gasteiger charge is -2.10. The minimum atomic E-state index is -3.95. The molecule has 0 saturated heterocycles. The van der Waals surface area contributed by atoms with Crippen LogP contribution < -0.4 is 15.2 Å². The fourth-order valence-corrected chi connectivity index (χ4v) is 2.96. The number of halogens is 1. The summed E-state index contributed by atoms with van der Waals surface area (Å²) in [5.41, 5.74) is 1.32. The lowest BCUT2D eigenvalue weighted by atomic mass is 10.1. The monoisotopic (exact) mass is 368 g/mol. The van der Waals surface area contributed by atoms with Crippen molar-refractivity contribution in [1.29, 1.82) is 0 Å². The van der Waals surface area contributed by atoms with Gasteiger partial charge in [-0.1, -0.05) is 23.7 Å². The predicted octanol–water partition coefficient (Wildman–Crippen LogP) is 2.57. The molecule has 0 aliphatic carbocycles. The number of carbonyl (C=O) groups is 1. The number of sulfonamides is 1. The number of nitrogens with one attached hydrogen (secondary N) is 1. The molecule has 0 saturated carbocycles. The minimum Gasteiger partial charge on any atom is -0.495 e. The first-order valence-corrected chi connectivity index (χ1v) is 8.97. The minimum absolute atomic E-state index is 0.122. The number of hydrogen-bond acceptors (Lipinski definition) is 4. The highest BCUT2D eigenvalue weighted by molar-refractivity contribution is 7.89. The van der Waals surface area contributed by atoms with Crippen molar-refractivity contribution in [3.63, 3.8) is 0 Å². The Morgan fingerprint density at radius 2 is 1.88 bits per heavy atom. The molecule has 0 aromatic heterocycles. The average molecular weight is 369 g/mol. The molecule has 1 amide bonds. The average Bonchev–Trinajstić information content (AvgIpc) is 2.53. The molecule has 2 aromatic rings. The first-order valence-electron chi connectivity index (χ1n) is 7.05. The predicted molar refractivity (Wildman–Crippen MR) is 92.8 cm³/mol. The van der Waals surface area contributed by atoms with Gasteiger partial charge in [-0.15, -0.1) is 0 Å². The van der Waals surface area contributed by atoms with E-state index in [1.807, 2.05) is 12.1 Å². The Morgan fingerprint density at radius 3 is 2.46 bits per heavy atom. The molecule has 0 aliphatic heterocycles. The van der Waals surface area contributed by atoms with Gasteiger partial charge in [0.1, 0.15) is 10.6 Å². The van der Waals surface area contributed by atoms with Crippen molar-refractivity contribution in [1.82, 2.24) is 0 Å². The molecule has 0 fully saturated rings. The Bertz CT molecular complexity index is 836. The van der Waals surface area contributed by atoms with Crippen LogP contribution in [0.5, 0.6) is 5.75 Å². The molecule has 0 radical (unpaired) electrons. The quantitative estimate of drug-likeness (QED) is 0.818. The first-order chi connectivity index (χ1) is 11.3. The molecule has 3 N–H and O–H groups in total. The first kappa shape index (κ1) is 18.3. The third kappa shape index (κ3) is 4.95. The van der Waals surface area contributed by atoms with Crippen LogP contribution in [-0.2, 0) is 21.2 Å². The van der Waals surface area contributed by atoms with E-state index in [0.717, 1.165) is 5.56 Å². The van der Waals surface area contributed by atoms with Gasteiger partial charge in [0.2, 0.25) is 15.9 Å². The van der Waals surface area contributed by atoms with Crippen LogP contribution in [0.2, 0.25) is 5.02 Å². The topological polar surface area (TPSA) is 98.5 Å². The standard InChI is InChI=1S/C16H17ClN2O4S/c1-23-14-8-7-13(10-15(14)24(18,21)22)19-16(20)9-4-11-2-5-12(17)6-3-11/h2-3,5-8,10H,4,9H2,1H3,(H,19,20)(H2,18,21,22). The van der Waals surface area contributed by atoms with Gasteiger partial charge >= 0.3 is 0 Å². The number of amides is 1. The van der Waals surface area contributed by atoms with E-state index in [4.69, 9.17) is 21.5 Å². The van der Waals surface area contributed by atoms with Crippen molar-refractivity contribution in [3.05, 3.63) is 53.1 Å². The lowest BCUT2D eigenvalue weighted by Crippen LogP contribution is -2.16. The van der Waals surface area contributed by atoms with Gasteiger partial charge in [-0.2, -0.15) is 0 Å². The maximum Gasteiger partial charge on any atom is 0.241 e. The van der Waals surface area contributed by atoms with E-state index in [9.17, 15) is 13.2 Å². The Kier molecular flexibility index (Phi) is 5.82. The van der Waals surface area contributed by atoms with Gasteiger partial charge in [-0.3, -0.25) is 4.79 Å². The van der Waals surface area contributed by atoms with E-state index >= 15 is 0 Å². The van der Waals surface area contributed by atoms with Gasteiger partial charge in [0.25, 0.3) is 0 Å². The summed E-state index contributed by atoms with van der Waals surface area (Å²) in [6.45, 7) is 0. The van der Waals surface area contributed by atoms with Gasteiger partial charge in [0.15, 0.2) is 0 Å². The highest BCUT2D eigenvalue weighted by Gasteiger charge is 2.16. The zero-order chi connectivity index (χ0) is 17.7. The third-order valence-corrected chi connectivity index (χ3v) is 4.49. The van der Waals surface area contributed by atoms with Crippen molar-refractivity contribution < 1.29 is 17.9 Å². The molecule has 8 heteroatoms. The highest BCUT2D eigenvalue weighted by atomic mass is 35.5. The second-order valence-electron chi connectivity index (χ2n) is 5.09. The highest BCUT2D eigenvalue weighted by Crippen LogP contribution is 2.26. The number of methoxy groups -OCH3 is 1. The summed E-state index contributed by atoms with van der Waals surface area (Å²) in [5, 5.41) is 8.43. The maximum absolute atomic E-state index is 12.0. The SMILES string of the molecule is COc1ccc(NC(=O)CCc2ccc(Cl)cc2)cc1S(N)(=O)=O. The largest absolute Gasteiger partial charge is 0.495 e. The van der Waals surface area contributed by atoms with Gasteiger partial charge in [-0.25, -0.2) is 13.6 Å². The van der Waals surface area contributed by atoms with Crippen LogP contribution >= 0.6 is 11.6 Å². The summed E-state index contributed by atoms with van der Waals surface area (Å²) in [6.07, 6.45) is 0.791. The third-order valence-electron chi connectivity index (χ3n) is 3.31. The molecule has 0 heterocycles. The Hall–Kier alpha value is -2.09. The number of hydrogen-bond donors (Lipinski definition) is 2. The van der Waals surface area contributed by atoms with E-state index in [1.54, 1.807) is 18.2 Å². The number of primary sulfonamides is 1. The summed E-state index contributed by atoms with van der Waals surface area (Å²) in [4.78, 5) is 11.8. The zero-order valence-electron chi connectivity index (χ0n) is 13.0. The van der Waals surface area contributed by atoms with E-state index in [2.05, 4.69) is 5.32 Å². The Balaban J connectivity index is 2.05. The number of nitrogens with two attached hydrogens (primary N) is 1. The fraction of sp³-hybridized carbons (Fsp3) is 0.188. The van der Waals surface area contributed by atoms with Crippen molar-refractivity contribution in [3.8, 4) is 5.75 Å². The van der Waals surface area contributed by atoms with Crippen LogP contribution in [0.25, 0.3) is 0 Å². The molecular formula is C16H17ClN2O4S. The molecule has 24 heavy (non-hydrogen) atoms. The van der Waals surface area contributed by atoms with E-state index in [0.29, 0.717) is 17.1 Å². The molecule has 0 atom stereocenters. The number of aryl methyl sites for hydroxylation is 1. The van der Waals surface area contributed by atoms with Crippen LogP contribution in [0.15, 0.2) is 47.4 Å². The van der Waals surface area contributed by atoms with Crippen LogP contribution in [0, 0.1) is 0 Å². The number of benzene rings is 2. The van der Waals surface area contributed by atoms with Gasteiger partial charge in [0, 0.05) is 17.1 Å². The second-order valence-corrected chi connectivity index (χ2v) is 7.05. The van der Waals surface area contributed by atoms with Crippen LogP contribution in [0.3, 0.4) is 0 Å². The van der Waals surface area contributed by atoms with Gasteiger partial charge in [-0.05, 0) is 42.3 Å². The number of carbonyl (C=O) groups excluding carboxylic acids is 1. The van der Waals surface area contributed by atoms with Gasteiger partial charge < -0.3 is 10.1 Å². The number of ether oxygens (including phenoxy) is 1. The normalized spacial score (nSPS) is 11.1. The van der Waals surface area contributed by atoms with E-state index < -0.39 is 10.0 Å². The number of anilines is 1. The van der Waals surface area contributed by atoms with Crippen molar-refractivity contribution in [2.45, 2.75) is 17.7 Å².